The monoisotopic (exact) mass is 280 g/mol. The number of nitrogens with zero attached hydrogens (tertiary/aromatic N) is 1. The average molecular weight is 280 g/mol. The van der Waals surface area contributed by atoms with Crippen LogP contribution >= 0.6 is 0 Å². The van der Waals surface area contributed by atoms with Crippen LogP contribution in [-0.4, -0.2) is 22.2 Å². The lowest BCUT2D eigenvalue weighted by atomic mass is 9.91. The van der Waals surface area contributed by atoms with E-state index in [0.29, 0.717) is 12.0 Å². The summed E-state index contributed by atoms with van der Waals surface area (Å²) in [5, 5.41) is 11.8. The second-order valence-corrected chi connectivity index (χ2v) is 7.35. The van der Waals surface area contributed by atoms with Gasteiger partial charge in [0.2, 0.25) is 0 Å². The molecule has 0 fully saturated rings. The molecule has 0 atom stereocenters. The highest BCUT2D eigenvalue weighted by Gasteiger charge is 2.08. The predicted molar refractivity (Wildman–Crippen MR) is 86.6 cm³/mol. The van der Waals surface area contributed by atoms with E-state index in [1.165, 1.54) is 5.56 Å². The average Bonchev–Trinajstić information content (AvgIpc) is 2.34. The Balaban J connectivity index is 0.000000396. The summed E-state index contributed by atoms with van der Waals surface area (Å²) < 4.78 is 0. The van der Waals surface area contributed by atoms with Gasteiger partial charge in [0.25, 0.3) is 0 Å². The third-order valence-electron chi connectivity index (χ3n) is 2.63. The summed E-state index contributed by atoms with van der Waals surface area (Å²) in [4.78, 5) is 4.05. The molecule has 0 aliphatic carbocycles. The molecule has 0 aliphatic rings. The zero-order valence-electron chi connectivity index (χ0n) is 14.0. The van der Waals surface area contributed by atoms with Crippen LogP contribution in [0.5, 0.6) is 0 Å². The zero-order chi connectivity index (χ0) is 15.6. The molecule has 0 spiro atoms. The van der Waals surface area contributed by atoms with Crippen molar-refractivity contribution in [3.05, 3.63) is 30.1 Å². The molecule has 0 saturated carbocycles. The van der Waals surface area contributed by atoms with E-state index in [1.807, 2.05) is 12.3 Å². The first-order valence-electron chi connectivity index (χ1n) is 7.39. The van der Waals surface area contributed by atoms with Crippen molar-refractivity contribution >= 4 is 0 Å². The Bertz CT molecular complexity index is 336. The van der Waals surface area contributed by atoms with Gasteiger partial charge < -0.3 is 10.4 Å². The molecule has 0 aliphatic heterocycles. The predicted octanol–water partition coefficient (Wildman–Crippen LogP) is 3.77. The first-order valence-corrected chi connectivity index (χ1v) is 7.39. The largest absolute Gasteiger partial charge is 0.396 e. The third-order valence-corrected chi connectivity index (χ3v) is 2.63. The second kappa shape index (κ2) is 9.09. The van der Waals surface area contributed by atoms with Gasteiger partial charge in [0.15, 0.2) is 0 Å². The van der Waals surface area contributed by atoms with Gasteiger partial charge in [-0.25, -0.2) is 0 Å². The van der Waals surface area contributed by atoms with Gasteiger partial charge in [0, 0.05) is 31.1 Å². The Hall–Kier alpha value is -0.930. The highest BCUT2D eigenvalue weighted by molar-refractivity contribution is 5.08. The van der Waals surface area contributed by atoms with Crippen molar-refractivity contribution in [1.82, 2.24) is 10.3 Å². The standard InChI is InChI=1S/C10H16N2.C7H16O/c1-10(2,3)12-8-9-5-4-6-11-7-9;1-7(2,3)5-4-6-8/h4-7,12H,8H2,1-3H3;8H,4-6H2,1-3H3. The molecule has 0 radical (unpaired) electrons. The summed E-state index contributed by atoms with van der Waals surface area (Å²) in [7, 11) is 0. The number of pyridine rings is 1. The molecule has 20 heavy (non-hydrogen) atoms. The lowest BCUT2D eigenvalue weighted by molar-refractivity contribution is 0.251. The minimum atomic E-state index is 0.176. The number of rotatable bonds is 4. The van der Waals surface area contributed by atoms with Crippen molar-refractivity contribution in [3.8, 4) is 0 Å². The maximum absolute atomic E-state index is 8.43. The van der Waals surface area contributed by atoms with Gasteiger partial charge in [-0.3, -0.25) is 4.98 Å². The van der Waals surface area contributed by atoms with Gasteiger partial charge in [-0.15, -0.1) is 0 Å². The quantitative estimate of drug-likeness (QED) is 0.882. The maximum atomic E-state index is 8.43. The Morgan fingerprint density at radius 3 is 2.15 bits per heavy atom. The van der Waals surface area contributed by atoms with Gasteiger partial charge in [-0.05, 0) is 50.7 Å². The Kier molecular flexibility index (Phi) is 8.67. The fraction of sp³-hybridized carbons (Fsp3) is 0.706. The van der Waals surface area contributed by atoms with Crippen molar-refractivity contribution in [2.45, 2.75) is 66.5 Å². The SMILES string of the molecule is CC(C)(C)CCCO.CC(C)(C)NCc1cccnc1. The van der Waals surface area contributed by atoms with Crippen LogP contribution in [-0.2, 0) is 6.54 Å². The molecule has 2 N–H and O–H groups in total. The molecule has 1 aromatic rings. The fourth-order valence-electron chi connectivity index (χ4n) is 1.48. The molecular weight excluding hydrogens is 248 g/mol. The van der Waals surface area contributed by atoms with Gasteiger partial charge >= 0.3 is 0 Å². The smallest absolute Gasteiger partial charge is 0.0431 e. The van der Waals surface area contributed by atoms with Crippen LogP contribution in [0.1, 0.15) is 59.9 Å². The number of aliphatic hydroxyl groups excluding tert-OH is 1. The van der Waals surface area contributed by atoms with Gasteiger partial charge in [-0.1, -0.05) is 26.8 Å². The molecule has 1 aromatic heterocycles. The summed E-state index contributed by atoms with van der Waals surface area (Å²) in [6.45, 7) is 14.2. The van der Waals surface area contributed by atoms with Crippen molar-refractivity contribution in [1.29, 1.82) is 0 Å². The van der Waals surface area contributed by atoms with Crippen LogP contribution in [0, 0.1) is 5.41 Å². The molecule has 1 rings (SSSR count). The van der Waals surface area contributed by atoms with Gasteiger partial charge in [0.1, 0.15) is 0 Å². The normalized spacial score (nSPS) is 11.8. The van der Waals surface area contributed by atoms with E-state index in [9.17, 15) is 0 Å². The van der Waals surface area contributed by atoms with E-state index >= 15 is 0 Å². The van der Waals surface area contributed by atoms with E-state index in [0.717, 1.165) is 19.4 Å². The number of aliphatic hydroxyl groups is 1. The number of nitrogens with one attached hydrogen (secondary N) is 1. The highest BCUT2D eigenvalue weighted by Crippen LogP contribution is 2.19. The lowest BCUT2D eigenvalue weighted by Gasteiger charge is -2.20. The van der Waals surface area contributed by atoms with Crippen LogP contribution in [0.3, 0.4) is 0 Å². The number of hydrogen-bond donors (Lipinski definition) is 2. The summed E-state index contributed by atoms with van der Waals surface area (Å²) in [5.74, 6) is 0. The fourth-order valence-corrected chi connectivity index (χ4v) is 1.48. The maximum Gasteiger partial charge on any atom is 0.0431 e. The van der Waals surface area contributed by atoms with E-state index in [2.05, 4.69) is 57.9 Å². The molecule has 116 valence electrons. The third kappa shape index (κ3) is 13.5. The first kappa shape index (κ1) is 19.1. The Labute approximate surface area is 124 Å². The van der Waals surface area contributed by atoms with E-state index in [1.54, 1.807) is 6.20 Å². The highest BCUT2D eigenvalue weighted by atomic mass is 16.2. The molecule has 0 saturated heterocycles. The molecule has 0 amide bonds. The summed E-state index contributed by atoms with van der Waals surface area (Å²) >= 11 is 0. The molecule has 1 heterocycles. The first-order chi connectivity index (χ1) is 9.14. The van der Waals surface area contributed by atoms with Gasteiger partial charge in [-0.2, -0.15) is 0 Å². The van der Waals surface area contributed by atoms with Crippen molar-refractivity contribution < 1.29 is 5.11 Å². The molecule has 0 bridgehead atoms. The van der Waals surface area contributed by atoms with Crippen LogP contribution < -0.4 is 5.32 Å². The molecule has 3 nitrogen and oxygen atoms in total. The minimum Gasteiger partial charge on any atom is -0.396 e. The lowest BCUT2D eigenvalue weighted by Crippen LogP contribution is -2.35. The minimum absolute atomic E-state index is 0.176. The molecule has 0 unspecified atom stereocenters. The van der Waals surface area contributed by atoms with E-state index in [-0.39, 0.29) is 5.54 Å². The van der Waals surface area contributed by atoms with Crippen molar-refractivity contribution in [3.63, 3.8) is 0 Å². The van der Waals surface area contributed by atoms with Crippen molar-refractivity contribution in [2.75, 3.05) is 6.61 Å². The van der Waals surface area contributed by atoms with E-state index in [4.69, 9.17) is 5.11 Å². The van der Waals surface area contributed by atoms with Gasteiger partial charge in [0.05, 0.1) is 0 Å². The molecule has 3 heteroatoms. The molecule has 0 aromatic carbocycles. The second-order valence-electron chi connectivity index (χ2n) is 7.35. The summed E-state index contributed by atoms with van der Waals surface area (Å²) in [6, 6.07) is 4.03. The molecular formula is C17H32N2O. The number of aromatic nitrogens is 1. The van der Waals surface area contributed by atoms with Crippen molar-refractivity contribution in [2.24, 2.45) is 5.41 Å². The summed E-state index contributed by atoms with van der Waals surface area (Å²) in [5.41, 5.74) is 1.80. The van der Waals surface area contributed by atoms with Crippen LogP contribution in [0.2, 0.25) is 0 Å². The number of hydrogen-bond acceptors (Lipinski definition) is 3. The Morgan fingerprint density at radius 2 is 1.80 bits per heavy atom. The topological polar surface area (TPSA) is 45.1 Å². The van der Waals surface area contributed by atoms with Crippen LogP contribution in [0.15, 0.2) is 24.5 Å². The Morgan fingerprint density at radius 1 is 1.15 bits per heavy atom. The van der Waals surface area contributed by atoms with Crippen LogP contribution in [0.25, 0.3) is 0 Å². The van der Waals surface area contributed by atoms with Crippen LogP contribution in [0.4, 0.5) is 0 Å². The summed E-state index contributed by atoms with van der Waals surface area (Å²) in [6.07, 6.45) is 5.73. The zero-order valence-corrected chi connectivity index (χ0v) is 14.0. The van der Waals surface area contributed by atoms with E-state index < -0.39 is 0 Å².